The van der Waals surface area contributed by atoms with E-state index >= 15 is 0 Å². The molecule has 3 aliphatic heterocycles. The Bertz CT molecular complexity index is 1850. The number of aliphatic hydroxyl groups is 8. The zero-order chi connectivity index (χ0) is 39.2. The molecule has 54 heavy (non-hydrogen) atoms. The Morgan fingerprint density at radius 1 is 0.852 bits per heavy atom. The Labute approximate surface area is 305 Å². The van der Waals surface area contributed by atoms with Gasteiger partial charge in [0.25, 0.3) is 0 Å². The van der Waals surface area contributed by atoms with Gasteiger partial charge in [0.15, 0.2) is 29.8 Å². The topological polar surface area (TPSA) is 306 Å². The molecule has 10 N–H and O–H groups in total. The van der Waals surface area contributed by atoms with Crippen LogP contribution in [0.1, 0.15) is 6.92 Å². The number of fused-ring (bicyclic) bond motifs is 1. The highest BCUT2D eigenvalue weighted by Gasteiger charge is 2.53. The van der Waals surface area contributed by atoms with Gasteiger partial charge in [-0.3, -0.25) is 4.79 Å². The molecule has 0 unspecified atom stereocenters. The van der Waals surface area contributed by atoms with Gasteiger partial charge < -0.3 is 93.4 Å². The first-order valence-electron chi connectivity index (χ1n) is 16.7. The van der Waals surface area contributed by atoms with E-state index in [0.29, 0.717) is 5.75 Å². The molecule has 20 nitrogen and oxygen atoms in total. The number of hydrogen-bond acceptors (Lipinski definition) is 20. The highest BCUT2D eigenvalue weighted by atomic mass is 16.8. The van der Waals surface area contributed by atoms with Crippen molar-refractivity contribution in [1.82, 2.24) is 0 Å². The molecular weight excluding hydrogens is 728 g/mol. The number of ether oxygens (including phenoxy) is 8. The van der Waals surface area contributed by atoms with Crippen molar-refractivity contribution in [2.75, 3.05) is 34.0 Å². The van der Waals surface area contributed by atoms with E-state index in [1.807, 2.05) is 0 Å². The lowest BCUT2D eigenvalue weighted by atomic mass is 9.98. The Hall–Kier alpha value is -3.87. The minimum absolute atomic E-state index is 0.166. The number of phenols is 2. The Kier molecular flexibility index (Phi) is 11.6. The van der Waals surface area contributed by atoms with Crippen LogP contribution in [0.3, 0.4) is 0 Å². The molecule has 0 bridgehead atoms. The lowest BCUT2D eigenvalue weighted by Gasteiger charge is -2.44. The lowest BCUT2D eigenvalue weighted by molar-refractivity contribution is -0.342. The minimum Gasteiger partial charge on any atom is -0.508 e. The van der Waals surface area contributed by atoms with Crippen molar-refractivity contribution in [1.29, 1.82) is 0 Å². The van der Waals surface area contributed by atoms with Crippen LogP contribution < -0.4 is 19.6 Å². The van der Waals surface area contributed by atoms with Crippen molar-refractivity contribution in [3.8, 4) is 40.1 Å². The van der Waals surface area contributed by atoms with Gasteiger partial charge >= 0.3 is 0 Å². The quantitative estimate of drug-likeness (QED) is 0.0955. The average Bonchev–Trinajstić information content (AvgIpc) is 3.44. The maximum Gasteiger partial charge on any atom is 0.239 e. The van der Waals surface area contributed by atoms with Gasteiger partial charge in [-0.1, -0.05) is 0 Å². The van der Waals surface area contributed by atoms with Crippen LogP contribution in [-0.2, 0) is 23.7 Å². The smallest absolute Gasteiger partial charge is 0.239 e. The number of phenolic OH excluding ortho intramolecular Hbond substituents is 2. The number of rotatable bonds is 11. The molecule has 0 aliphatic carbocycles. The van der Waals surface area contributed by atoms with E-state index in [4.69, 9.17) is 42.3 Å². The Balaban J connectivity index is 1.28. The van der Waals surface area contributed by atoms with Crippen LogP contribution in [0, 0.1) is 0 Å². The molecular formula is C34H42O20. The standard InChI is InChI=1S/C34H42O20/c1-12-21(38)25(42)29(54-33-30(44)34(45,10-35)11-49-33)32(50-12)48-9-19-22(39)24(41)26(43)31(52-19)53-28-23(40)20-15(37)7-14(36)8-18(20)51-27(28)13-4-5-16(46-2)17(6-13)47-3/h4-8,12,19,21-22,24-26,29-33,35-39,41-45H,9-11H2,1-3H3/t12-,19+,21-,22-,24-,25+,26+,29+,30-,31-,32+,33-,34+/m0/s1. The molecule has 0 amide bonds. The zero-order valence-corrected chi connectivity index (χ0v) is 29.0. The second-order valence-electron chi connectivity index (χ2n) is 13.1. The van der Waals surface area contributed by atoms with E-state index in [9.17, 15) is 55.9 Å². The fourth-order valence-corrected chi connectivity index (χ4v) is 6.35. The third kappa shape index (κ3) is 7.29. The summed E-state index contributed by atoms with van der Waals surface area (Å²) < 4.78 is 50.6. The largest absolute Gasteiger partial charge is 0.508 e. The highest BCUT2D eigenvalue weighted by Crippen LogP contribution is 2.40. The van der Waals surface area contributed by atoms with Crippen LogP contribution in [0.15, 0.2) is 39.5 Å². The van der Waals surface area contributed by atoms with Crippen LogP contribution in [0.5, 0.6) is 28.7 Å². The Morgan fingerprint density at radius 3 is 2.24 bits per heavy atom. The molecule has 3 fully saturated rings. The summed E-state index contributed by atoms with van der Waals surface area (Å²) in [4.78, 5) is 13.9. The van der Waals surface area contributed by atoms with Gasteiger partial charge in [0, 0.05) is 17.7 Å². The summed E-state index contributed by atoms with van der Waals surface area (Å²) >= 11 is 0. The van der Waals surface area contributed by atoms with Gasteiger partial charge in [0.05, 0.1) is 40.1 Å². The Morgan fingerprint density at radius 2 is 1.57 bits per heavy atom. The van der Waals surface area contributed by atoms with Gasteiger partial charge in [-0.2, -0.15) is 0 Å². The monoisotopic (exact) mass is 770 g/mol. The number of aliphatic hydroxyl groups excluding tert-OH is 7. The fourth-order valence-electron chi connectivity index (χ4n) is 6.35. The van der Waals surface area contributed by atoms with E-state index in [1.54, 1.807) is 0 Å². The normalized spacial score (nSPS) is 35.6. The number of hydrogen-bond donors (Lipinski definition) is 10. The maximum absolute atomic E-state index is 13.9. The van der Waals surface area contributed by atoms with Crippen molar-refractivity contribution in [3.63, 3.8) is 0 Å². The van der Waals surface area contributed by atoms with Crippen molar-refractivity contribution in [2.45, 2.75) is 86.3 Å². The number of aromatic hydroxyl groups is 2. The van der Waals surface area contributed by atoms with E-state index in [-0.39, 0.29) is 22.7 Å². The number of methoxy groups -OCH3 is 2. The first-order chi connectivity index (χ1) is 25.6. The van der Waals surface area contributed by atoms with Crippen LogP contribution >= 0.6 is 0 Å². The van der Waals surface area contributed by atoms with Crippen LogP contribution in [0.25, 0.3) is 22.3 Å². The molecule has 3 saturated heterocycles. The first-order valence-corrected chi connectivity index (χ1v) is 16.7. The summed E-state index contributed by atoms with van der Waals surface area (Å²) in [6, 6.07) is 6.38. The summed E-state index contributed by atoms with van der Waals surface area (Å²) in [7, 11) is 2.77. The van der Waals surface area contributed by atoms with E-state index in [0.717, 1.165) is 12.1 Å². The molecule has 298 valence electrons. The second-order valence-corrected chi connectivity index (χ2v) is 13.1. The van der Waals surface area contributed by atoms with Crippen molar-refractivity contribution in [2.24, 2.45) is 0 Å². The maximum atomic E-state index is 13.9. The molecule has 0 spiro atoms. The van der Waals surface area contributed by atoms with Crippen LogP contribution in [0.2, 0.25) is 0 Å². The van der Waals surface area contributed by atoms with Crippen molar-refractivity contribution in [3.05, 3.63) is 40.6 Å². The minimum atomic E-state index is -2.08. The van der Waals surface area contributed by atoms with E-state index < -0.39 is 127 Å². The third-order valence-electron chi connectivity index (χ3n) is 9.55. The molecule has 6 rings (SSSR count). The van der Waals surface area contributed by atoms with Crippen LogP contribution in [0.4, 0.5) is 0 Å². The highest BCUT2D eigenvalue weighted by molar-refractivity contribution is 5.88. The summed E-state index contributed by atoms with van der Waals surface area (Å²) in [6.07, 6.45) is -20.1. The fraction of sp³-hybridized carbons (Fsp3) is 0.559. The molecule has 3 aliphatic rings. The molecule has 0 radical (unpaired) electrons. The zero-order valence-electron chi connectivity index (χ0n) is 29.0. The summed E-state index contributed by atoms with van der Waals surface area (Å²) in [5, 5.41) is 105. The van der Waals surface area contributed by atoms with Gasteiger partial charge in [0.1, 0.15) is 76.9 Å². The van der Waals surface area contributed by atoms with Crippen molar-refractivity contribution < 1.29 is 93.4 Å². The van der Waals surface area contributed by atoms with Gasteiger partial charge in [-0.25, -0.2) is 0 Å². The van der Waals surface area contributed by atoms with Gasteiger partial charge in [-0.15, -0.1) is 0 Å². The molecule has 20 heteroatoms. The summed E-state index contributed by atoms with van der Waals surface area (Å²) in [5.41, 5.74) is -3.14. The third-order valence-corrected chi connectivity index (χ3v) is 9.55. The van der Waals surface area contributed by atoms with Crippen molar-refractivity contribution >= 4 is 11.0 Å². The average molecular weight is 771 g/mol. The molecule has 3 aromatic rings. The van der Waals surface area contributed by atoms with Gasteiger partial charge in [-0.05, 0) is 25.1 Å². The lowest BCUT2D eigenvalue weighted by Crippen LogP contribution is -2.62. The second kappa shape index (κ2) is 15.7. The van der Waals surface area contributed by atoms with E-state index in [2.05, 4.69) is 0 Å². The predicted octanol–water partition coefficient (Wildman–Crippen LogP) is -2.62. The SMILES string of the molecule is COc1ccc(-c2oc3cc(O)cc(O)c3c(=O)c2O[C@@H]2O[C@H](CO[C@@H]3O[C@@H](C)[C@H](O)[C@@H](O)[C@H]3O[C@@H]3OC[C@](O)(CO)[C@H]3O)[C@H](O)[C@H](O)[C@H]2O)cc1OC. The predicted molar refractivity (Wildman–Crippen MR) is 177 cm³/mol. The van der Waals surface area contributed by atoms with Crippen LogP contribution in [-0.4, -0.2) is 165 Å². The van der Waals surface area contributed by atoms with Gasteiger partial charge in [0.2, 0.25) is 17.5 Å². The molecule has 1 aromatic heterocycles. The summed E-state index contributed by atoms with van der Waals surface area (Å²) in [6.45, 7) is -0.674. The van der Waals surface area contributed by atoms with E-state index in [1.165, 1.54) is 39.3 Å². The molecule has 2 aromatic carbocycles. The molecule has 13 atom stereocenters. The molecule has 4 heterocycles. The molecule has 0 saturated carbocycles. The first kappa shape index (κ1) is 39.8. The number of benzene rings is 2. The summed E-state index contributed by atoms with van der Waals surface area (Å²) in [5.74, 6) is -1.48.